The molecule has 4 nitrogen and oxygen atoms in total. The van der Waals surface area contributed by atoms with Gasteiger partial charge in [-0.05, 0) is 32.1 Å². The van der Waals surface area contributed by atoms with E-state index in [-0.39, 0.29) is 17.9 Å². The molecule has 1 unspecified atom stereocenters. The molecule has 3 rings (SSSR count). The fourth-order valence-electron chi connectivity index (χ4n) is 3.35. The molecular weight excluding hydrogens is 240 g/mol. The molecule has 0 radical (unpaired) electrons. The van der Waals surface area contributed by atoms with Crippen LogP contribution in [0.1, 0.15) is 51.4 Å². The van der Waals surface area contributed by atoms with Gasteiger partial charge in [-0.1, -0.05) is 19.3 Å². The van der Waals surface area contributed by atoms with Crippen LogP contribution in [0.3, 0.4) is 0 Å². The number of nitrogens with zero attached hydrogens (tertiary/aromatic N) is 1. The minimum absolute atomic E-state index is 0.192. The lowest BCUT2D eigenvalue weighted by Crippen LogP contribution is -2.42. The highest BCUT2D eigenvalue weighted by molar-refractivity contribution is 5.82. The molecule has 1 heterocycles. The Kier molecular flexibility index (Phi) is 3.76. The van der Waals surface area contributed by atoms with Crippen molar-refractivity contribution in [3.63, 3.8) is 0 Å². The monoisotopic (exact) mass is 264 g/mol. The molecule has 0 aromatic carbocycles. The molecule has 1 aliphatic heterocycles. The molecule has 2 aliphatic carbocycles. The fourth-order valence-corrected chi connectivity index (χ4v) is 3.35. The average molecular weight is 264 g/mol. The van der Waals surface area contributed by atoms with Crippen LogP contribution >= 0.6 is 0 Å². The minimum atomic E-state index is 0.192. The van der Waals surface area contributed by atoms with E-state index in [9.17, 15) is 9.59 Å². The van der Waals surface area contributed by atoms with E-state index in [2.05, 4.69) is 5.32 Å². The first-order valence-corrected chi connectivity index (χ1v) is 7.83. The van der Waals surface area contributed by atoms with E-state index < -0.39 is 0 Å². The van der Waals surface area contributed by atoms with E-state index in [4.69, 9.17) is 0 Å². The van der Waals surface area contributed by atoms with Gasteiger partial charge in [0.25, 0.3) is 0 Å². The first-order valence-electron chi connectivity index (χ1n) is 7.83. The number of rotatable bonds is 3. The average Bonchev–Trinajstić information content (AvgIpc) is 3.19. The number of carbonyl (C=O) groups excluding carboxylic acids is 2. The molecule has 0 spiro atoms. The maximum absolute atomic E-state index is 12.2. The van der Waals surface area contributed by atoms with Crippen LogP contribution in [-0.2, 0) is 9.59 Å². The van der Waals surface area contributed by atoms with E-state index in [1.807, 2.05) is 4.90 Å². The Morgan fingerprint density at radius 1 is 0.895 bits per heavy atom. The quantitative estimate of drug-likeness (QED) is 0.843. The van der Waals surface area contributed by atoms with Gasteiger partial charge in [0.2, 0.25) is 11.8 Å². The van der Waals surface area contributed by atoms with Crippen LogP contribution in [0.4, 0.5) is 0 Å². The molecule has 4 heteroatoms. The summed E-state index contributed by atoms with van der Waals surface area (Å²) in [5, 5.41) is 3.16. The summed E-state index contributed by atoms with van der Waals surface area (Å²) in [7, 11) is 0. The summed E-state index contributed by atoms with van der Waals surface area (Å²) in [5.74, 6) is 1.06. The summed E-state index contributed by atoms with van der Waals surface area (Å²) in [6.45, 7) is 1.55. The first kappa shape index (κ1) is 12.9. The van der Waals surface area contributed by atoms with Crippen molar-refractivity contribution in [1.82, 2.24) is 10.2 Å². The summed E-state index contributed by atoms with van der Waals surface area (Å²) < 4.78 is 0. The predicted molar refractivity (Wildman–Crippen MR) is 72.4 cm³/mol. The molecule has 106 valence electrons. The second kappa shape index (κ2) is 5.51. The Morgan fingerprint density at radius 2 is 1.63 bits per heavy atom. The number of amides is 2. The second-order valence-corrected chi connectivity index (χ2v) is 6.39. The minimum Gasteiger partial charge on any atom is -0.351 e. The van der Waals surface area contributed by atoms with Crippen LogP contribution in [0.25, 0.3) is 0 Å². The Hall–Kier alpha value is -1.06. The molecule has 1 N–H and O–H groups in total. The number of nitrogens with one attached hydrogen (secondary N) is 1. The van der Waals surface area contributed by atoms with Gasteiger partial charge in [0.05, 0.1) is 0 Å². The molecule has 3 fully saturated rings. The summed E-state index contributed by atoms with van der Waals surface area (Å²) in [6, 6.07) is 0.192. The second-order valence-electron chi connectivity index (χ2n) is 6.39. The zero-order valence-electron chi connectivity index (χ0n) is 11.6. The fraction of sp³-hybridized carbons (Fsp3) is 0.867. The summed E-state index contributed by atoms with van der Waals surface area (Å²) >= 11 is 0. The molecule has 0 aromatic rings. The van der Waals surface area contributed by atoms with E-state index in [0.717, 1.165) is 45.2 Å². The maximum Gasteiger partial charge on any atom is 0.225 e. The molecule has 2 amide bonds. The van der Waals surface area contributed by atoms with Gasteiger partial charge in [0, 0.05) is 31.0 Å². The normalized spacial score (nSPS) is 28.4. The lowest BCUT2D eigenvalue weighted by atomic mass is 9.88. The van der Waals surface area contributed by atoms with E-state index in [1.165, 1.54) is 19.3 Å². The smallest absolute Gasteiger partial charge is 0.225 e. The van der Waals surface area contributed by atoms with Crippen LogP contribution in [0, 0.1) is 11.8 Å². The molecule has 0 aromatic heterocycles. The SMILES string of the molecule is O=C(NC1CCN(C(=O)C2CC2)C1)C1CCCCC1. The van der Waals surface area contributed by atoms with Gasteiger partial charge in [-0.2, -0.15) is 0 Å². The van der Waals surface area contributed by atoms with Crippen molar-refractivity contribution < 1.29 is 9.59 Å². The van der Waals surface area contributed by atoms with Gasteiger partial charge in [-0.3, -0.25) is 9.59 Å². The number of carbonyl (C=O) groups is 2. The zero-order valence-corrected chi connectivity index (χ0v) is 11.6. The first-order chi connectivity index (χ1) is 9.24. The van der Waals surface area contributed by atoms with Crippen molar-refractivity contribution in [2.75, 3.05) is 13.1 Å². The Balaban J connectivity index is 1.45. The summed E-state index contributed by atoms with van der Waals surface area (Å²) in [4.78, 5) is 26.1. The van der Waals surface area contributed by atoms with Crippen molar-refractivity contribution in [2.45, 2.75) is 57.4 Å². The lowest BCUT2D eigenvalue weighted by molar-refractivity contribution is -0.132. The standard InChI is InChI=1S/C15H24N2O2/c18-14(11-4-2-1-3-5-11)16-13-8-9-17(10-13)15(19)12-6-7-12/h11-13H,1-10H2,(H,16,18). The van der Waals surface area contributed by atoms with Gasteiger partial charge >= 0.3 is 0 Å². The third kappa shape index (κ3) is 3.10. The Labute approximate surface area is 114 Å². The summed E-state index contributed by atoms with van der Waals surface area (Å²) in [6.07, 6.45) is 8.80. The third-order valence-electron chi connectivity index (χ3n) is 4.75. The van der Waals surface area contributed by atoms with Crippen LogP contribution in [0.5, 0.6) is 0 Å². The topological polar surface area (TPSA) is 49.4 Å². The Bertz CT molecular complexity index is 359. The summed E-state index contributed by atoms with van der Waals surface area (Å²) in [5.41, 5.74) is 0. The van der Waals surface area contributed by atoms with Crippen LogP contribution in [0.15, 0.2) is 0 Å². The van der Waals surface area contributed by atoms with Crippen molar-refractivity contribution in [3.8, 4) is 0 Å². The molecule has 2 saturated carbocycles. The van der Waals surface area contributed by atoms with Crippen LogP contribution in [0.2, 0.25) is 0 Å². The molecule has 19 heavy (non-hydrogen) atoms. The van der Waals surface area contributed by atoms with Crippen LogP contribution in [-0.4, -0.2) is 35.8 Å². The molecule has 1 atom stereocenters. The number of hydrogen-bond acceptors (Lipinski definition) is 2. The van der Waals surface area contributed by atoms with Gasteiger partial charge in [-0.25, -0.2) is 0 Å². The van der Waals surface area contributed by atoms with Crippen molar-refractivity contribution in [2.24, 2.45) is 11.8 Å². The maximum atomic E-state index is 12.2. The van der Waals surface area contributed by atoms with Crippen molar-refractivity contribution in [3.05, 3.63) is 0 Å². The van der Waals surface area contributed by atoms with Gasteiger partial charge in [-0.15, -0.1) is 0 Å². The van der Waals surface area contributed by atoms with Crippen molar-refractivity contribution in [1.29, 1.82) is 0 Å². The molecule has 1 saturated heterocycles. The molecule has 0 bridgehead atoms. The van der Waals surface area contributed by atoms with E-state index >= 15 is 0 Å². The molecule has 3 aliphatic rings. The van der Waals surface area contributed by atoms with Crippen molar-refractivity contribution >= 4 is 11.8 Å². The lowest BCUT2D eigenvalue weighted by Gasteiger charge is -2.23. The number of likely N-dealkylation sites (tertiary alicyclic amines) is 1. The highest BCUT2D eigenvalue weighted by Crippen LogP contribution is 2.32. The Morgan fingerprint density at radius 3 is 2.32 bits per heavy atom. The van der Waals surface area contributed by atoms with E-state index in [0.29, 0.717) is 11.8 Å². The highest BCUT2D eigenvalue weighted by Gasteiger charge is 2.37. The highest BCUT2D eigenvalue weighted by atomic mass is 16.2. The predicted octanol–water partition coefficient (Wildman–Crippen LogP) is 1.69. The largest absolute Gasteiger partial charge is 0.351 e. The van der Waals surface area contributed by atoms with Gasteiger partial charge < -0.3 is 10.2 Å². The van der Waals surface area contributed by atoms with Gasteiger partial charge in [0.15, 0.2) is 0 Å². The molecular formula is C15H24N2O2. The van der Waals surface area contributed by atoms with E-state index in [1.54, 1.807) is 0 Å². The van der Waals surface area contributed by atoms with Crippen LogP contribution < -0.4 is 5.32 Å². The zero-order chi connectivity index (χ0) is 13.2. The number of hydrogen-bond donors (Lipinski definition) is 1. The van der Waals surface area contributed by atoms with Gasteiger partial charge in [0.1, 0.15) is 0 Å². The third-order valence-corrected chi connectivity index (χ3v) is 4.75.